The molecule has 2 fully saturated rings. The quantitative estimate of drug-likeness (QED) is 0.0783. The van der Waals surface area contributed by atoms with Crippen molar-refractivity contribution in [2.45, 2.75) is 47.8 Å². The second-order valence-electron chi connectivity index (χ2n) is 10.7. The summed E-state index contributed by atoms with van der Waals surface area (Å²) in [5.41, 5.74) is 8.34. The molecule has 24 nitrogen and oxygen atoms in total. The Kier molecular flexibility index (Phi) is 10.0. The van der Waals surface area contributed by atoms with Gasteiger partial charge in [-0.15, -0.1) is 0 Å². The summed E-state index contributed by atoms with van der Waals surface area (Å²) in [4.78, 5) is 34.1. The maximum atomic E-state index is 11.6. The maximum Gasteiger partial charge on any atom is 0.481 e. The summed E-state index contributed by atoms with van der Waals surface area (Å²) < 4.78 is 43.7. The van der Waals surface area contributed by atoms with Crippen LogP contribution in [0.2, 0.25) is 0 Å². The van der Waals surface area contributed by atoms with Crippen LogP contribution in [0.3, 0.4) is 0 Å². The number of phosphoric acid groups is 2. The van der Waals surface area contributed by atoms with Crippen LogP contribution in [0.1, 0.15) is 11.4 Å². The standard InChI is InChI=1S/C12H15N5O10P2.C12H13N5O4/c13-4-12(8-2-1-6-11(14)15-5-16-17(6)8)10(19)9(18)7(26-12)3-25-29(23,24)27-28(20,21)22;13-4-12(10(20)9(19)7(3-18)21-12)8-2-1-6-11(14)15-5-16-17(6)8/h1-2,5,7,9-10,18-19H,3H2,(H,23,24)(H2,14,15,16)(H2,20,21,22);1-2,5,7,9-10,18-20H,3H2,(H2,14,15,16)/t2*7-,9-,10-,12+/m11/s1. The largest absolute Gasteiger partial charge is 0.481 e. The van der Waals surface area contributed by atoms with Gasteiger partial charge in [-0.3, -0.25) is 4.52 Å². The summed E-state index contributed by atoms with van der Waals surface area (Å²) in [6.45, 7) is -1.47. The minimum Gasteiger partial charge on any atom is -0.394 e. The molecule has 0 aliphatic carbocycles. The molecule has 2 aliphatic heterocycles. The molecule has 0 amide bonds. The van der Waals surface area contributed by atoms with Crippen molar-refractivity contribution in [2.24, 2.45) is 0 Å². The smallest absolute Gasteiger partial charge is 0.394 e. The second-order valence-corrected chi connectivity index (χ2v) is 13.5. The van der Waals surface area contributed by atoms with Crippen molar-refractivity contribution in [1.29, 1.82) is 10.5 Å². The fraction of sp³-hybridized carbons (Fsp3) is 0.417. The lowest BCUT2D eigenvalue weighted by Crippen LogP contribution is -2.41. The summed E-state index contributed by atoms with van der Waals surface area (Å²) >= 11 is 0. The Balaban J connectivity index is 0.000000204. The molecule has 2 saturated heterocycles. The molecule has 9 atom stereocenters. The van der Waals surface area contributed by atoms with E-state index in [1.807, 2.05) is 6.07 Å². The van der Waals surface area contributed by atoms with Crippen LogP contribution >= 0.6 is 15.6 Å². The van der Waals surface area contributed by atoms with E-state index >= 15 is 0 Å². The van der Waals surface area contributed by atoms with E-state index in [9.17, 15) is 50.1 Å². The Morgan fingerprint density at radius 2 is 1.26 bits per heavy atom. The van der Waals surface area contributed by atoms with E-state index in [0.29, 0.717) is 5.52 Å². The molecule has 0 radical (unpaired) electrons. The van der Waals surface area contributed by atoms with Crippen LogP contribution in [0.15, 0.2) is 36.9 Å². The van der Waals surface area contributed by atoms with Crippen molar-refractivity contribution in [3.63, 3.8) is 0 Å². The molecule has 26 heteroatoms. The van der Waals surface area contributed by atoms with Crippen molar-refractivity contribution in [2.75, 3.05) is 24.7 Å². The number of hydrogen-bond donors (Lipinski definition) is 10. The second kappa shape index (κ2) is 13.5. The number of nitrogens with two attached hydrogens (primary N) is 2. The number of fused-ring (bicyclic) bond motifs is 2. The highest BCUT2D eigenvalue weighted by atomic mass is 31.3. The third-order valence-corrected chi connectivity index (χ3v) is 9.92. The predicted octanol–water partition coefficient (Wildman–Crippen LogP) is -3.48. The van der Waals surface area contributed by atoms with Gasteiger partial charge in [0.15, 0.2) is 11.6 Å². The van der Waals surface area contributed by atoms with Gasteiger partial charge in [-0.1, -0.05) is 0 Å². The number of phosphoric ester groups is 1. The Hall–Kier alpha value is -4.20. The van der Waals surface area contributed by atoms with Crippen LogP contribution in [-0.4, -0.2) is 119 Å². The van der Waals surface area contributed by atoms with E-state index in [2.05, 4.69) is 29.0 Å². The van der Waals surface area contributed by atoms with Gasteiger partial charge >= 0.3 is 15.6 Å². The van der Waals surface area contributed by atoms with Gasteiger partial charge in [0, 0.05) is 0 Å². The van der Waals surface area contributed by atoms with E-state index in [4.69, 9.17) is 30.7 Å². The third-order valence-electron chi connectivity index (χ3n) is 7.76. The fourth-order valence-corrected chi connectivity index (χ4v) is 7.04. The number of nitrogen functional groups attached to an aromatic ring is 2. The average Bonchev–Trinajstić information content (AvgIpc) is 3.81. The van der Waals surface area contributed by atoms with Crippen LogP contribution < -0.4 is 11.5 Å². The van der Waals surface area contributed by atoms with Gasteiger partial charge in [0.05, 0.1) is 24.6 Å². The van der Waals surface area contributed by atoms with Crippen molar-refractivity contribution in [1.82, 2.24) is 29.2 Å². The van der Waals surface area contributed by atoms with Gasteiger partial charge < -0.3 is 61.2 Å². The number of ether oxygens (including phenoxy) is 2. The highest BCUT2D eigenvalue weighted by molar-refractivity contribution is 7.60. The zero-order chi connectivity index (χ0) is 36.8. The number of nitriles is 2. The first-order chi connectivity index (χ1) is 23.4. The molecule has 0 saturated carbocycles. The van der Waals surface area contributed by atoms with Crippen molar-refractivity contribution in [3.8, 4) is 12.1 Å². The minimum atomic E-state index is -5.35. The molecule has 12 N–H and O–H groups in total. The first kappa shape index (κ1) is 37.1. The van der Waals surface area contributed by atoms with Crippen molar-refractivity contribution >= 4 is 38.3 Å². The van der Waals surface area contributed by atoms with Gasteiger partial charge in [-0.05, 0) is 24.3 Å². The summed E-state index contributed by atoms with van der Waals surface area (Å²) in [7, 11) is -10.6. The normalized spacial score (nSPS) is 30.8. The summed E-state index contributed by atoms with van der Waals surface area (Å²) in [5.74, 6) is 0.277. The van der Waals surface area contributed by atoms with Crippen LogP contribution in [0.5, 0.6) is 0 Å². The van der Waals surface area contributed by atoms with Crippen LogP contribution in [0, 0.1) is 22.7 Å². The molecule has 6 rings (SSSR count). The van der Waals surface area contributed by atoms with Crippen LogP contribution in [-0.2, 0) is 38.6 Å². The lowest BCUT2D eigenvalue weighted by Gasteiger charge is -2.24. The first-order valence-corrected chi connectivity index (χ1v) is 16.9. The Labute approximate surface area is 278 Å². The van der Waals surface area contributed by atoms with Crippen LogP contribution in [0.25, 0.3) is 11.0 Å². The van der Waals surface area contributed by atoms with E-state index < -0.39 is 76.7 Å². The fourth-order valence-electron chi connectivity index (χ4n) is 5.44. The number of nitrogens with zero attached hydrogens (tertiary/aromatic N) is 8. The molecule has 0 spiro atoms. The van der Waals surface area contributed by atoms with Gasteiger partial charge in [-0.2, -0.15) is 25.0 Å². The molecule has 50 heavy (non-hydrogen) atoms. The third kappa shape index (κ3) is 6.42. The number of rotatable bonds is 8. The Bertz CT molecular complexity index is 2080. The van der Waals surface area contributed by atoms with Gasteiger partial charge in [0.25, 0.3) is 0 Å². The van der Waals surface area contributed by atoms with Crippen molar-refractivity contribution in [3.05, 3.63) is 48.3 Å². The predicted molar refractivity (Wildman–Crippen MR) is 159 cm³/mol. The summed E-state index contributed by atoms with van der Waals surface area (Å²) in [5, 5.41) is 77.1. The molecule has 268 valence electrons. The molecule has 2 aliphatic rings. The number of anilines is 2. The highest BCUT2D eigenvalue weighted by Crippen LogP contribution is 2.58. The minimum absolute atomic E-state index is 0.0169. The van der Waals surface area contributed by atoms with Crippen molar-refractivity contribution < 1.29 is 67.7 Å². The molecular weight excluding hydrogens is 714 g/mol. The average molecular weight is 742 g/mol. The first-order valence-electron chi connectivity index (χ1n) is 13.9. The van der Waals surface area contributed by atoms with Gasteiger partial charge in [-0.25, -0.2) is 28.1 Å². The summed E-state index contributed by atoms with van der Waals surface area (Å²) in [6, 6.07) is 9.51. The molecule has 4 aromatic heterocycles. The van der Waals surface area contributed by atoms with E-state index in [0.717, 1.165) is 6.33 Å². The monoisotopic (exact) mass is 742 g/mol. The SMILES string of the molecule is N#C[C@@]1(c2ccc3c(N)ncnn23)O[C@H](CO)[C@@H](O)[C@H]1O.N#C[C@@]1(c2ccc3c(N)ncnn23)O[C@H](COP(=O)(O)OP(=O)(O)O)[C@@H](O)[C@H]1O. The lowest BCUT2D eigenvalue weighted by molar-refractivity contribution is -0.0643. The molecular formula is C24H28N10O14P2. The van der Waals surface area contributed by atoms with Gasteiger partial charge in [0.2, 0.25) is 11.2 Å². The number of aliphatic hydroxyl groups is 5. The molecule has 4 aromatic rings. The number of aromatic nitrogens is 6. The molecule has 0 aromatic carbocycles. The summed E-state index contributed by atoms with van der Waals surface area (Å²) in [6.07, 6.45) is -6.87. The Morgan fingerprint density at radius 1 is 0.820 bits per heavy atom. The molecule has 1 unspecified atom stereocenters. The number of hydrogen-bond acceptors (Lipinski definition) is 19. The van der Waals surface area contributed by atoms with Gasteiger partial charge in [0.1, 0.15) is 72.5 Å². The van der Waals surface area contributed by atoms with E-state index in [1.54, 1.807) is 12.1 Å². The zero-order valence-electron chi connectivity index (χ0n) is 25.0. The number of aliphatic hydroxyl groups excluding tert-OH is 5. The van der Waals surface area contributed by atoms with E-state index in [1.165, 1.54) is 33.6 Å². The highest BCUT2D eigenvalue weighted by Gasteiger charge is 2.59. The molecule has 6 heterocycles. The lowest BCUT2D eigenvalue weighted by atomic mass is 9.92. The van der Waals surface area contributed by atoms with Crippen LogP contribution in [0.4, 0.5) is 11.6 Å². The van der Waals surface area contributed by atoms with E-state index in [-0.39, 0.29) is 28.5 Å². The zero-order valence-corrected chi connectivity index (χ0v) is 26.8. The molecule has 0 bridgehead atoms. The topological polar surface area (TPSA) is 393 Å². The Morgan fingerprint density at radius 3 is 1.66 bits per heavy atom. The maximum absolute atomic E-state index is 11.6.